The van der Waals surface area contributed by atoms with E-state index in [2.05, 4.69) is 15.5 Å². The van der Waals surface area contributed by atoms with E-state index >= 15 is 0 Å². The lowest BCUT2D eigenvalue weighted by molar-refractivity contribution is -0.118. The van der Waals surface area contributed by atoms with Crippen LogP contribution < -0.4 is 5.32 Å². The molecule has 3 aromatic rings. The molecule has 2 aromatic heterocycles. The van der Waals surface area contributed by atoms with Crippen LogP contribution in [-0.2, 0) is 4.79 Å². The number of nitrogens with zero attached hydrogens (tertiary/aromatic N) is 2. The Morgan fingerprint density at radius 1 is 1.39 bits per heavy atom. The number of hydrogen-bond acceptors (Lipinski definition) is 4. The molecule has 1 aromatic carbocycles. The van der Waals surface area contributed by atoms with Crippen LogP contribution in [0.1, 0.15) is 13.0 Å². The number of anilines is 1. The SMILES string of the molecule is C[C@H](C(=O)Nc1ccccc1F)n1c(-c2cccs2)n[nH]c1=S. The molecule has 0 aliphatic heterocycles. The van der Waals surface area contributed by atoms with Crippen LogP contribution in [0.5, 0.6) is 0 Å². The first kappa shape index (κ1) is 15.6. The van der Waals surface area contributed by atoms with Gasteiger partial charge in [0.15, 0.2) is 10.6 Å². The molecule has 23 heavy (non-hydrogen) atoms. The Kier molecular flexibility index (Phi) is 4.35. The van der Waals surface area contributed by atoms with Crippen LogP contribution in [0.3, 0.4) is 0 Å². The maximum Gasteiger partial charge on any atom is 0.247 e. The minimum Gasteiger partial charge on any atom is -0.322 e. The van der Waals surface area contributed by atoms with Crippen LogP contribution in [-0.4, -0.2) is 20.7 Å². The van der Waals surface area contributed by atoms with Gasteiger partial charge in [0.2, 0.25) is 5.91 Å². The Hall–Kier alpha value is -2.32. The second kappa shape index (κ2) is 6.43. The van der Waals surface area contributed by atoms with Gasteiger partial charge in [-0.1, -0.05) is 18.2 Å². The summed E-state index contributed by atoms with van der Waals surface area (Å²) in [5.41, 5.74) is 0.136. The molecule has 2 heterocycles. The molecule has 0 saturated carbocycles. The number of thiophene rings is 1. The molecule has 2 N–H and O–H groups in total. The Bertz CT molecular complexity index is 885. The number of aromatic nitrogens is 3. The molecule has 0 aliphatic rings. The van der Waals surface area contributed by atoms with Gasteiger partial charge in [-0.25, -0.2) is 4.39 Å². The van der Waals surface area contributed by atoms with E-state index in [4.69, 9.17) is 12.2 Å². The van der Waals surface area contributed by atoms with Gasteiger partial charge >= 0.3 is 0 Å². The number of aromatic amines is 1. The third kappa shape index (κ3) is 3.08. The Morgan fingerprint density at radius 3 is 2.87 bits per heavy atom. The van der Waals surface area contributed by atoms with E-state index in [9.17, 15) is 9.18 Å². The van der Waals surface area contributed by atoms with Gasteiger partial charge in [-0.15, -0.1) is 11.3 Å². The first-order valence-corrected chi connectivity index (χ1v) is 8.13. The number of para-hydroxylation sites is 1. The fourth-order valence-electron chi connectivity index (χ4n) is 2.16. The van der Waals surface area contributed by atoms with Crippen molar-refractivity contribution in [1.29, 1.82) is 0 Å². The minimum absolute atomic E-state index is 0.136. The highest BCUT2D eigenvalue weighted by atomic mass is 32.1. The summed E-state index contributed by atoms with van der Waals surface area (Å²) in [5, 5.41) is 11.4. The number of nitrogens with one attached hydrogen (secondary N) is 2. The number of benzene rings is 1. The van der Waals surface area contributed by atoms with Crippen molar-refractivity contribution < 1.29 is 9.18 Å². The van der Waals surface area contributed by atoms with Gasteiger partial charge in [0, 0.05) is 0 Å². The van der Waals surface area contributed by atoms with E-state index in [1.807, 2.05) is 17.5 Å². The highest BCUT2D eigenvalue weighted by molar-refractivity contribution is 7.71. The molecule has 0 unspecified atom stereocenters. The minimum atomic E-state index is -0.641. The average Bonchev–Trinajstić information content (AvgIpc) is 3.18. The van der Waals surface area contributed by atoms with Crippen LogP contribution in [0.15, 0.2) is 41.8 Å². The Labute approximate surface area is 140 Å². The van der Waals surface area contributed by atoms with Crippen molar-refractivity contribution in [3.63, 3.8) is 0 Å². The van der Waals surface area contributed by atoms with E-state index in [1.165, 1.54) is 23.5 Å². The molecule has 0 saturated heterocycles. The lowest BCUT2D eigenvalue weighted by atomic mass is 10.2. The maximum absolute atomic E-state index is 13.7. The van der Waals surface area contributed by atoms with Gasteiger partial charge in [0.1, 0.15) is 11.9 Å². The van der Waals surface area contributed by atoms with Gasteiger partial charge in [0.25, 0.3) is 0 Å². The van der Waals surface area contributed by atoms with Crippen molar-refractivity contribution in [2.24, 2.45) is 0 Å². The normalized spacial score (nSPS) is 12.1. The molecule has 0 fully saturated rings. The molecule has 0 radical (unpaired) electrons. The standard InChI is InChI=1S/C15H13FN4OS2/c1-9(14(21)17-11-6-3-2-5-10(11)16)20-13(18-19-15(20)22)12-7-4-8-23-12/h2-9H,1H3,(H,17,21)(H,19,22)/t9-/m1/s1. The van der Waals surface area contributed by atoms with Crippen molar-refractivity contribution in [3.05, 3.63) is 52.4 Å². The first-order valence-electron chi connectivity index (χ1n) is 6.84. The number of rotatable bonds is 4. The Balaban J connectivity index is 1.90. The zero-order valence-corrected chi connectivity index (χ0v) is 13.7. The highest BCUT2D eigenvalue weighted by Crippen LogP contribution is 2.26. The molecular formula is C15H13FN4OS2. The van der Waals surface area contributed by atoms with Crippen LogP contribution in [0, 0.1) is 10.6 Å². The number of halogens is 1. The maximum atomic E-state index is 13.7. The van der Waals surface area contributed by atoms with Gasteiger partial charge in [0.05, 0.1) is 10.6 Å². The third-order valence-electron chi connectivity index (χ3n) is 3.34. The van der Waals surface area contributed by atoms with Gasteiger partial charge in [-0.2, -0.15) is 5.10 Å². The molecule has 0 aliphatic carbocycles. The zero-order valence-electron chi connectivity index (χ0n) is 12.1. The molecule has 8 heteroatoms. The van der Waals surface area contributed by atoms with Crippen molar-refractivity contribution in [3.8, 4) is 10.7 Å². The zero-order chi connectivity index (χ0) is 16.4. The van der Waals surface area contributed by atoms with Gasteiger partial charge < -0.3 is 5.32 Å². The van der Waals surface area contributed by atoms with E-state index in [0.717, 1.165) is 4.88 Å². The van der Waals surface area contributed by atoms with Crippen LogP contribution >= 0.6 is 23.6 Å². The third-order valence-corrected chi connectivity index (χ3v) is 4.50. The summed E-state index contributed by atoms with van der Waals surface area (Å²) in [6.07, 6.45) is 0. The summed E-state index contributed by atoms with van der Waals surface area (Å²) in [5.74, 6) is -0.270. The lowest BCUT2D eigenvalue weighted by Crippen LogP contribution is -2.24. The summed E-state index contributed by atoms with van der Waals surface area (Å²) in [4.78, 5) is 13.3. The van der Waals surface area contributed by atoms with E-state index < -0.39 is 11.9 Å². The molecule has 1 amide bonds. The molecule has 5 nitrogen and oxygen atoms in total. The van der Waals surface area contributed by atoms with Gasteiger partial charge in [-0.05, 0) is 42.7 Å². The summed E-state index contributed by atoms with van der Waals surface area (Å²) in [6.45, 7) is 1.69. The summed E-state index contributed by atoms with van der Waals surface area (Å²) in [7, 11) is 0. The molecule has 118 valence electrons. The van der Waals surface area contributed by atoms with Crippen LogP contribution in [0.2, 0.25) is 0 Å². The van der Waals surface area contributed by atoms with Gasteiger partial charge in [-0.3, -0.25) is 14.5 Å². The Morgan fingerprint density at radius 2 is 2.17 bits per heavy atom. The monoisotopic (exact) mass is 348 g/mol. The largest absolute Gasteiger partial charge is 0.322 e. The fourth-order valence-corrected chi connectivity index (χ4v) is 3.16. The van der Waals surface area contributed by atoms with E-state index in [1.54, 1.807) is 23.6 Å². The molecule has 0 bridgehead atoms. The van der Waals surface area contributed by atoms with E-state index in [-0.39, 0.29) is 11.6 Å². The second-order valence-corrected chi connectivity index (χ2v) is 6.18. The quantitative estimate of drug-likeness (QED) is 0.700. The predicted octanol–water partition coefficient (Wildman–Crippen LogP) is 4.01. The number of carbonyl (C=O) groups is 1. The highest BCUT2D eigenvalue weighted by Gasteiger charge is 2.22. The number of hydrogen-bond donors (Lipinski definition) is 2. The molecular weight excluding hydrogens is 335 g/mol. The topological polar surface area (TPSA) is 62.7 Å². The van der Waals surface area contributed by atoms with Crippen molar-refractivity contribution in [2.45, 2.75) is 13.0 Å². The summed E-state index contributed by atoms with van der Waals surface area (Å²) in [6, 6.07) is 9.17. The number of H-pyrrole nitrogens is 1. The molecule has 3 rings (SSSR count). The summed E-state index contributed by atoms with van der Waals surface area (Å²) >= 11 is 6.73. The number of carbonyl (C=O) groups excluding carboxylic acids is 1. The van der Waals surface area contributed by atoms with E-state index in [0.29, 0.717) is 10.6 Å². The summed E-state index contributed by atoms with van der Waals surface area (Å²) < 4.78 is 15.6. The van der Waals surface area contributed by atoms with Crippen LogP contribution in [0.25, 0.3) is 10.7 Å². The number of amides is 1. The predicted molar refractivity (Wildman–Crippen MR) is 90.5 cm³/mol. The van der Waals surface area contributed by atoms with Crippen molar-refractivity contribution in [2.75, 3.05) is 5.32 Å². The first-order chi connectivity index (χ1) is 11.1. The molecule has 0 spiro atoms. The smallest absolute Gasteiger partial charge is 0.247 e. The van der Waals surface area contributed by atoms with Crippen LogP contribution in [0.4, 0.5) is 10.1 Å². The fraction of sp³-hybridized carbons (Fsp3) is 0.133. The average molecular weight is 348 g/mol. The molecule has 1 atom stereocenters. The second-order valence-electron chi connectivity index (χ2n) is 4.84. The van der Waals surface area contributed by atoms with Crippen molar-refractivity contribution in [1.82, 2.24) is 14.8 Å². The van der Waals surface area contributed by atoms with Crippen molar-refractivity contribution >= 4 is 35.1 Å². The lowest BCUT2D eigenvalue weighted by Gasteiger charge is -2.15.